The normalized spacial score (nSPS) is 16.4. The Morgan fingerprint density at radius 2 is 2.00 bits per heavy atom. The molecule has 20 heavy (non-hydrogen) atoms. The molecule has 0 heterocycles. The van der Waals surface area contributed by atoms with Gasteiger partial charge in [0.1, 0.15) is 0 Å². The topological polar surface area (TPSA) is 98.5 Å². The van der Waals surface area contributed by atoms with E-state index in [1.165, 1.54) is 25.1 Å². The lowest BCUT2D eigenvalue weighted by atomic mass is 10.2. The standard InChI is InChI=1S/C12H16N2O5S/c1-9-11(14(15)16)7-4-8-12(9)20(17,18)13-19-10-5-2-3-6-10/h4,7-8,10,13H,2-3,5-6H2,1H3. The predicted octanol–water partition coefficient (Wildman–Crippen LogP) is 2.06. The van der Waals surface area contributed by atoms with E-state index in [1.807, 2.05) is 0 Å². The second-order valence-corrected chi connectivity index (χ2v) is 6.38. The second-order valence-electron chi connectivity index (χ2n) is 4.77. The average molecular weight is 300 g/mol. The smallest absolute Gasteiger partial charge is 0.273 e. The molecule has 1 saturated carbocycles. The molecule has 1 aromatic rings. The summed E-state index contributed by atoms with van der Waals surface area (Å²) in [7, 11) is -3.91. The Morgan fingerprint density at radius 3 is 2.60 bits per heavy atom. The van der Waals surface area contributed by atoms with Gasteiger partial charge in [-0.1, -0.05) is 23.8 Å². The van der Waals surface area contributed by atoms with Crippen molar-refractivity contribution in [2.24, 2.45) is 0 Å². The zero-order valence-electron chi connectivity index (χ0n) is 11.0. The van der Waals surface area contributed by atoms with Crippen molar-refractivity contribution < 1.29 is 18.2 Å². The first kappa shape index (κ1) is 14.9. The molecule has 110 valence electrons. The van der Waals surface area contributed by atoms with Crippen molar-refractivity contribution in [1.82, 2.24) is 4.89 Å². The number of nitro benzene ring substituents is 1. The van der Waals surface area contributed by atoms with Crippen molar-refractivity contribution in [1.29, 1.82) is 0 Å². The van der Waals surface area contributed by atoms with E-state index in [2.05, 4.69) is 4.89 Å². The van der Waals surface area contributed by atoms with Gasteiger partial charge in [0, 0.05) is 11.6 Å². The van der Waals surface area contributed by atoms with Crippen LogP contribution in [0.3, 0.4) is 0 Å². The Morgan fingerprint density at radius 1 is 1.35 bits per heavy atom. The molecule has 1 aliphatic rings. The Labute approximate surface area is 117 Å². The van der Waals surface area contributed by atoms with Crippen LogP contribution in [0.4, 0.5) is 5.69 Å². The van der Waals surface area contributed by atoms with Crippen LogP contribution in [0.2, 0.25) is 0 Å². The van der Waals surface area contributed by atoms with Gasteiger partial charge in [0.15, 0.2) is 0 Å². The third-order valence-corrected chi connectivity index (χ3v) is 4.71. The van der Waals surface area contributed by atoms with Gasteiger partial charge in [0.05, 0.1) is 15.9 Å². The van der Waals surface area contributed by atoms with Crippen LogP contribution in [0, 0.1) is 17.0 Å². The van der Waals surface area contributed by atoms with E-state index < -0.39 is 14.9 Å². The van der Waals surface area contributed by atoms with Gasteiger partial charge < -0.3 is 0 Å². The van der Waals surface area contributed by atoms with Gasteiger partial charge in [-0.15, -0.1) is 0 Å². The van der Waals surface area contributed by atoms with Crippen LogP contribution in [0.25, 0.3) is 0 Å². The molecule has 1 N–H and O–H groups in total. The molecule has 1 aromatic carbocycles. The molecule has 0 amide bonds. The minimum absolute atomic E-state index is 0.0972. The Hall–Kier alpha value is -1.51. The van der Waals surface area contributed by atoms with E-state index >= 15 is 0 Å². The quantitative estimate of drug-likeness (QED) is 0.663. The van der Waals surface area contributed by atoms with Crippen molar-refractivity contribution >= 4 is 15.7 Å². The summed E-state index contributed by atoms with van der Waals surface area (Å²) >= 11 is 0. The van der Waals surface area contributed by atoms with E-state index in [1.54, 1.807) is 0 Å². The van der Waals surface area contributed by atoms with Crippen LogP contribution in [0.1, 0.15) is 31.2 Å². The van der Waals surface area contributed by atoms with Crippen LogP contribution in [0.15, 0.2) is 23.1 Å². The van der Waals surface area contributed by atoms with Gasteiger partial charge >= 0.3 is 0 Å². The highest BCUT2D eigenvalue weighted by Crippen LogP contribution is 2.25. The van der Waals surface area contributed by atoms with Gasteiger partial charge in [-0.3, -0.25) is 15.0 Å². The molecule has 8 heteroatoms. The molecule has 0 saturated heterocycles. The van der Waals surface area contributed by atoms with E-state index in [9.17, 15) is 18.5 Å². The van der Waals surface area contributed by atoms with Gasteiger partial charge in [0.2, 0.25) is 0 Å². The van der Waals surface area contributed by atoms with Crippen LogP contribution >= 0.6 is 0 Å². The Balaban J connectivity index is 2.20. The SMILES string of the molecule is Cc1c([N+](=O)[O-])cccc1S(=O)(=O)NOC1CCCC1. The highest BCUT2D eigenvalue weighted by atomic mass is 32.2. The molecule has 0 radical (unpaired) electrons. The van der Waals surface area contributed by atoms with E-state index in [4.69, 9.17) is 4.84 Å². The Bertz CT molecular complexity index is 608. The summed E-state index contributed by atoms with van der Waals surface area (Å²) in [5.41, 5.74) is -0.131. The first-order chi connectivity index (χ1) is 9.42. The molecule has 0 bridgehead atoms. The lowest BCUT2D eigenvalue weighted by Crippen LogP contribution is -2.29. The Kier molecular flexibility index (Phi) is 4.36. The molecule has 0 atom stereocenters. The molecule has 1 fully saturated rings. The van der Waals surface area contributed by atoms with Crippen molar-refractivity contribution in [2.45, 2.75) is 43.6 Å². The number of sulfonamides is 1. The number of rotatable bonds is 5. The van der Waals surface area contributed by atoms with Crippen LogP contribution < -0.4 is 4.89 Å². The largest absolute Gasteiger partial charge is 0.284 e. The zero-order valence-corrected chi connectivity index (χ0v) is 11.9. The van der Waals surface area contributed by atoms with Gasteiger partial charge in [-0.2, -0.15) is 0 Å². The minimum atomic E-state index is -3.91. The monoisotopic (exact) mass is 300 g/mol. The molecular formula is C12H16N2O5S. The van der Waals surface area contributed by atoms with Gasteiger partial charge in [-0.05, 0) is 25.8 Å². The minimum Gasteiger partial charge on any atom is -0.284 e. The van der Waals surface area contributed by atoms with Crippen LogP contribution in [-0.4, -0.2) is 19.4 Å². The molecule has 2 rings (SSSR count). The van der Waals surface area contributed by atoms with Crippen molar-refractivity contribution in [2.75, 3.05) is 0 Å². The maximum Gasteiger partial charge on any atom is 0.273 e. The summed E-state index contributed by atoms with van der Waals surface area (Å²) in [5, 5.41) is 10.8. The summed E-state index contributed by atoms with van der Waals surface area (Å²) in [5.74, 6) is 0. The molecular weight excluding hydrogens is 284 g/mol. The molecule has 0 unspecified atom stereocenters. The average Bonchev–Trinajstić information content (AvgIpc) is 2.89. The molecule has 7 nitrogen and oxygen atoms in total. The number of nitrogens with zero attached hydrogens (tertiary/aromatic N) is 1. The fourth-order valence-corrected chi connectivity index (χ4v) is 3.39. The van der Waals surface area contributed by atoms with E-state index in [0.29, 0.717) is 0 Å². The summed E-state index contributed by atoms with van der Waals surface area (Å²) in [6.45, 7) is 1.41. The third kappa shape index (κ3) is 3.14. The van der Waals surface area contributed by atoms with E-state index in [-0.39, 0.29) is 22.3 Å². The van der Waals surface area contributed by atoms with Gasteiger partial charge in [-0.25, -0.2) is 8.42 Å². The highest BCUT2D eigenvalue weighted by Gasteiger charge is 2.25. The molecule has 1 aliphatic carbocycles. The second kappa shape index (κ2) is 5.86. The number of benzene rings is 1. The lowest BCUT2D eigenvalue weighted by molar-refractivity contribution is -0.385. The van der Waals surface area contributed by atoms with Crippen molar-refractivity contribution in [3.8, 4) is 0 Å². The molecule has 0 aliphatic heterocycles. The summed E-state index contributed by atoms with van der Waals surface area (Å²) in [6.07, 6.45) is 3.54. The number of hydrogen-bond acceptors (Lipinski definition) is 5. The summed E-state index contributed by atoms with van der Waals surface area (Å²) in [6, 6.07) is 3.93. The number of nitro groups is 1. The van der Waals surface area contributed by atoms with Crippen molar-refractivity contribution in [3.63, 3.8) is 0 Å². The fourth-order valence-electron chi connectivity index (χ4n) is 2.27. The van der Waals surface area contributed by atoms with E-state index in [0.717, 1.165) is 25.7 Å². The summed E-state index contributed by atoms with van der Waals surface area (Å²) < 4.78 is 24.3. The van der Waals surface area contributed by atoms with Gasteiger partial charge in [0.25, 0.3) is 15.7 Å². The molecule has 0 aromatic heterocycles. The third-order valence-electron chi connectivity index (χ3n) is 3.37. The zero-order chi connectivity index (χ0) is 14.8. The maximum absolute atomic E-state index is 12.1. The van der Waals surface area contributed by atoms with Crippen LogP contribution in [-0.2, 0) is 14.9 Å². The predicted molar refractivity (Wildman–Crippen MR) is 71.5 cm³/mol. The fraction of sp³-hybridized carbons (Fsp3) is 0.500. The summed E-state index contributed by atoms with van der Waals surface area (Å²) in [4.78, 5) is 17.3. The number of nitrogens with one attached hydrogen (secondary N) is 1. The number of hydrogen-bond donors (Lipinski definition) is 1. The maximum atomic E-state index is 12.1. The van der Waals surface area contributed by atoms with Crippen molar-refractivity contribution in [3.05, 3.63) is 33.9 Å². The molecule has 0 spiro atoms. The first-order valence-electron chi connectivity index (χ1n) is 6.33. The first-order valence-corrected chi connectivity index (χ1v) is 7.81. The lowest BCUT2D eigenvalue weighted by Gasteiger charge is -2.13. The van der Waals surface area contributed by atoms with Crippen LogP contribution in [0.5, 0.6) is 0 Å². The highest BCUT2D eigenvalue weighted by molar-refractivity contribution is 7.89.